The van der Waals surface area contributed by atoms with Crippen LogP contribution in [0.3, 0.4) is 0 Å². The number of nitrogens with zero attached hydrogens (tertiary/aromatic N) is 1. The standard InChI is InChI=1S/C22H23NO6/c1-21(2,26)22(28-13-14-29-22)15-7-9-16(10-8-15)27-12-11-23-19(24)17-5-3-4-6-18(17)20(23)25/h3-10,26H,11-14H2,1-2H3. The Balaban J connectivity index is 1.39. The molecule has 0 radical (unpaired) electrons. The van der Waals surface area contributed by atoms with E-state index in [0.29, 0.717) is 35.7 Å². The number of benzene rings is 2. The third-order valence-corrected chi connectivity index (χ3v) is 5.20. The van der Waals surface area contributed by atoms with E-state index in [1.54, 1.807) is 62.4 Å². The van der Waals surface area contributed by atoms with E-state index in [-0.39, 0.29) is 25.0 Å². The Hall–Kier alpha value is -2.74. The first-order chi connectivity index (χ1) is 13.8. The molecule has 0 unspecified atom stereocenters. The minimum atomic E-state index is -1.22. The fourth-order valence-electron chi connectivity index (χ4n) is 3.75. The second-order valence-corrected chi connectivity index (χ2v) is 7.55. The largest absolute Gasteiger partial charge is 0.492 e. The zero-order chi connectivity index (χ0) is 20.6. The Morgan fingerprint density at radius 2 is 1.55 bits per heavy atom. The van der Waals surface area contributed by atoms with E-state index in [0.717, 1.165) is 0 Å². The van der Waals surface area contributed by atoms with E-state index < -0.39 is 11.4 Å². The van der Waals surface area contributed by atoms with Crippen molar-refractivity contribution in [2.75, 3.05) is 26.4 Å². The summed E-state index contributed by atoms with van der Waals surface area (Å²) in [4.78, 5) is 25.9. The number of carbonyl (C=O) groups excluding carboxylic acids is 2. The van der Waals surface area contributed by atoms with Crippen LogP contribution in [0.4, 0.5) is 0 Å². The number of aliphatic hydroxyl groups is 1. The van der Waals surface area contributed by atoms with Gasteiger partial charge in [-0.05, 0) is 50.2 Å². The van der Waals surface area contributed by atoms with Crippen LogP contribution < -0.4 is 4.74 Å². The summed E-state index contributed by atoms with van der Waals surface area (Å²) in [5.41, 5.74) is 0.318. The van der Waals surface area contributed by atoms with E-state index in [4.69, 9.17) is 14.2 Å². The highest BCUT2D eigenvalue weighted by Gasteiger charge is 2.51. The predicted molar refractivity (Wildman–Crippen MR) is 104 cm³/mol. The number of ether oxygens (including phenoxy) is 3. The minimum Gasteiger partial charge on any atom is -0.492 e. The smallest absolute Gasteiger partial charge is 0.261 e. The van der Waals surface area contributed by atoms with Crippen molar-refractivity contribution in [3.05, 3.63) is 65.2 Å². The van der Waals surface area contributed by atoms with Crippen molar-refractivity contribution in [2.24, 2.45) is 0 Å². The maximum absolute atomic E-state index is 12.4. The molecule has 1 N–H and O–H groups in total. The molecule has 152 valence electrons. The van der Waals surface area contributed by atoms with Gasteiger partial charge in [0, 0.05) is 5.56 Å². The summed E-state index contributed by atoms with van der Waals surface area (Å²) in [6.07, 6.45) is 0. The molecule has 2 aromatic rings. The van der Waals surface area contributed by atoms with Crippen LogP contribution in [0.15, 0.2) is 48.5 Å². The van der Waals surface area contributed by atoms with Crippen LogP contribution in [0.1, 0.15) is 40.1 Å². The van der Waals surface area contributed by atoms with Gasteiger partial charge in [0.25, 0.3) is 11.8 Å². The maximum atomic E-state index is 12.4. The molecule has 0 saturated carbocycles. The van der Waals surface area contributed by atoms with Gasteiger partial charge in [0.05, 0.1) is 30.9 Å². The third kappa shape index (κ3) is 3.31. The van der Waals surface area contributed by atoms with E-state index in [9.17, 15) is 14.7 Å². The topological polar surface area (TPSA) is 85.3 Å². The molecule has 7 heteroatoms. The minimum absolute atomic E-state index is 0.161. The van der Waals surface area contributed by atoms with Crippen LogP contribution in [0.2, 0.25) is 0 Å². The molecule has 7 nitrogen and oxygen atoms in total. The molecule has 2 aliphatic heterocycles. The molecule has 0 spiro atoms. The second-order valence-electron chi connectivity index (χ2n) is 7.55. The van der Waals surface area contributed by atoms with Gasteiger partial charge in [-0.2, -0.15) is 0 Å². The van der Waals surface area contributed by atoms with E-state index in [1.807, 2.05) is 0 Å². The highest BCUT2D eigenvalue weighted by molar-refractivity contribution is 6.21. The first kappa shape index (κ1) is 19.6. The van der Waals surface area contributed by atoms with Gasteiger partial charge >= 0.3 is 0 Å². The summed E-state index contributed by atoms with van der Waals surface area (Å²) in [7, 11) is 0. The molecule has 0 atom stereocenters. The number of fused-ring (bicyclic) bond motifs is 1. The molecule has 2 aromatic carbocycles. The lowest BCUT2D eigenvalue weighted by Crippen LogP contribution is -2.48. The Bertz CT molecular complexity index is 890. The van der Waals surface area contributed by atoms with Crippen molar-refractivity contribution in [2.45, 2.75) is 25.2 Å². The number of hydrogen-bond donors (Lipinski definition) is 1. The maximum Gasteiger partial charge on any atom is 0.261 e. The fraction of sp³-hybridized carbons (Fsp3) is 0.364. The number of rotatable bonds is 6. The SMILES string of the molecule is CC(C)(O)C1(c2ccc(OCCN3C(=O)c4ccccc4C3=O)cc2)OCCO1. The van der Waals surface area contributed by atoms with Crippen LogP contribution in [0.5, 0.6) is 5.75 Å². The third-order valence-electron chi connectivity index (χ3n) is 5.20. The van der Waals surface area contributed by atoms with E-state index >= 15 is 0 Å². The van der Waals surface area contributed by atoms with Crippen molar-refractivity contribution in [3.8, 4) is 5.75 Å². The lowest BCUT2D eigenvalue weighted by molar-refractivity contribution is -0.266. The molecule has 0 aliphatic carbocycles. The van der Waals surface area contributed by atoms with Crippen molar-refractivity contribution < 1.29 is 28.9 Å². The Kier molecular flexibility index (Phi) is 4.90. The number of hydrogen-bond acceptors (Lipinski definition) is 6. The van der Waals surface area contributed by atoms with Gasteiger partial charge in [0.1, 0.15) is 18.0 Å². The molecule has 0 aromatic heterocycles. The van der Waals surface area contributed by atoms with Gasteiger partial charge in [-0.25, -0.2) is 0 Å². The van der Waals surface area contributed by atoms with Crippen LogP contribution in [0.25, 0.3) is 0 Å². The summed E-state index contributed by atoms with van der Waals surface area (Å²) in [6.45, 7) is 4.43. The van der Waals surface area contributed by atoms with Crippen molar-refractivity contribution >= 4 is 11.8 Å². The Morgan fingerprint density at radius 1 is 1.00 bits per heavy atom. The van der Waals surface area contributed by atoms with Gasteiger partial charge in [-0.3, -0.25) is 14.5 Å². The molecule has 2 heterocycles. The van der Waals surface area contributed by atoms with Crippen molar-refractivity contribution in [1.82, 2.24) is 4.90 Å². The van der Waals surface area contributed by atoms with E-state index in [2.05, 4.69) is 0 Å². The quantitative estimate of drug-likeness (QED) is 0.753. The monoisotopic (exact) mass is 397 g/mol. The molecule has 2 aliphatic rings. The normalized spacial score (nSPS) is 18.2. The van der Waals surface area contributed by atoms with Crippen LogP contribution in [-0.4, -0.2) is 53.8 Å². The van der Waals surface area contributed by atoms with Gasteiger partial charge in [0.15, 0.2) is 0 Å². The molecular formula is C22H23NO6. The number of amides is 2. The first-order valence-corrected chi connectivity index (χ1v) is 9.52. The average molecular weight is 397 g/mol. The predicted octanol–water partition coefficient (Wildman–Crippen LogP) is 2.33. The number of carbonyl (C=O) groups is 2. The van der Waals surface area contributed by atoms with Gasteiger partial charge in [-0.1, -0.05) is 12.1 Å². The van der Waals surface area contributed by atoms with Gasteiger partial charge in [0.2, 0.25) is 5.79 Å². The van der Waals surface area contributed by atoms with Crippen LogP contribution >= 0.6 is 0 Å². The fourth-order valence-corrected chi connectivity index (χ4v) is 3.75. The number of imide groups is 1. The molecule has 0 bridgehead atoms. The van der Waals surface area contributed by atoms with Gasteiger partial charge < -0.3 is 19.3 Å². The molecule has 1 fully saturated rings. The van der Waals surface area contributed by atoms with Crippen molar-refractivity contribution in [3.63, 3.8) is 0 Å². The highest BCUT2D eigenvalue weighted by Crippen LogP contribution is 2.41. The first-order valence-electron chi connectivity index (χ1n) is 9.52. The van der Waals surface area contributed by atoms with Crippen LogP contribution in [0, 0.1) is 0 Å². The lowest BCUT2D eigenvalue weighted by Gasteiger charge is -2.38. The molecular weight excluding hydrogens is 374 g/mol. The zero-order valence-electron chi connectivity index (χ0n) is 16.4. The summed E-state index contributed by atoms with van der Waals surface area (Å²) in [5, 5.41) is 10.5. The van der Waals surface area contributed by atoms with Crippen LogP contribution in [-0.2, 0) is 15.3 Å². The highest BCUT2D eigenvalue weighted by atomic mass is 16.7. The zero-order valence-corrected chi connectivity index (χ0v) is 16.4. The summed E-state index contributed by atoms with van der Waals surface area (Å²) < 4.78 is 17.2. The van der Waals surface area contributed by atoms with E-state index in [1.165, 1.54) is 4.90 Å². The summed E-state index contributed by atoms with van der Waals surface area (Å²) in [5.74, 6) is -1.24. The average Bonchev–Trinajstić information content (AvgIpc) is 3.29. The Labute approximate surface area is 168 Å². The molecule has 29 heavy (non-hydrogen) atoms. The van der Waals surface area contributed by atoms with Crippen molar-refractivity contribution in [1.29, 1.82) is 0 Å². The Morgan fingerprint density at radius 3 is 2.07 bits per heavy atom. The van der Waals surface area contributed by atoms with Gasteiger partial charge in [-0.15, -0.1) is 0 Å². The molecule has 4 rings (SSSR count). The molecule has 2 amide bonds. The molecule has 1 saturated heterocycles. The summed E-state index contributed by atoms with van der Waals surface area (Å²) in [6, 6.07) is 13.8. The lowest BCUT2D eigenvalue weighted by atomic mass is 9.90. The second kappa shape index (κ2) is 7.26. The summed E-state index contributed by atoms with van der Waals surface area (Å²) >= 11 is 0.